The normalized spacial score (nSPS) is 10.7. The van der Waals surface area contributed by atoms with Crippen molar-refractivity contribution in [3.05, 3.63) is 41.3 Å². The first-order valence-electron chi connectivity index (χ1n) is 6.92. The van der Waals surface area contributed by atoms with Crippen LogP contribution in [0.5, 0.6) is 11.8 Å². The zero-order chi connectivity index (χ0) is 15.4. The third kappa shape index (κ3) is 3.62. The summed E-state index contributed by atoms with van der Waals surface area (Å²) < 4.78 is 15.7. The van der Waals surface area contributed by atoms with E-state index in [9.17, 15) is 4.79 Å². The predicted molar refractivity (Wildman–Crippen MR) is 77.8 cm³/mol. The van der Waals surface area contributed by atoms with Crippen LogP contribution in [0.25, 0.3) is 0 Å². The van der Waals surface area contributed by atoms with Crippen LogP contribution in [0, 0.1) is 6.92 Å². The van der Waals surface area contributed by atoms with Crippen molar-refractivity contribution in [2.45, 2.75) is 33.6 Å². The highest BCUT2D eigenvalue weighted by molar-refractivity contribution is 5.86. The Bertz CT molecular complexity index is 631. The number of nitrogens with zero attached hydrogens (tertiary/aromatic N) is 1. The van der Waals surface area contributed by atoms with Crippen LogP contribution in [0.3, 0.4) is 0 Å². The summed E-state index contributed by atoms with van der Waals surface area (Å²) >= 11 is 0. The lowest BCUT2D eigenvalue weighted by Gasteiger charge is -2.12. The summed E-state index contributed by atoms with van der Waals surface area (Å²) in [6.07, 6.45) is 1.27. The Morgan fingerprint density at radius 1 is 1.38 bits per heavy atom. The number of hydrogen-bond donors (Lipinski definition) is 0. The Morgan fingerprint density at radius 3 is 2.81 bits per heavy atom. The Hall–Kier alpha value is -2.30. The third-order valence-corrected chi connectivity index (χ3v) is 2.96. The molecule has 0 atom stereocenters. The van der Waals surface area contributed by atoms with Crippen LogP contribution in [0.2, 0.25) is 0 Å². The molecule has 1 aromatic heterocycles. The van der Waals surface area contributed by atoms with E-state index in [1.165, 1.54) is 6.26 Å². The van der Waals surface area contributed by atoms with Gasteiger partial charge in [0.2, 0.25) is 0 Å². The number of carbonyl (C=O) groups is 1. The van der Waals surface area contributed by atoms with Crippen LogP contribution in [-0.4, -0.2) is 17.6 Å². The van der Waals surface area contributed by atoms with Crippen LogP contribution in [0.4, 0.5) is 0 Å². The molecular weight excluding hydrogens is 270 g/mol. The van der Waals surface area contributed by atoms with Gasteiger partial charge >= 0.3 is 12.0 Å². The van der Waals surface area contributed by atoms with E-state index < -0.39 is 5.97 Å². The van der Waals surface area contributed by atoms with E-state index in [0.717, 1.165) is 11.1 Å². The second-order valence-electron chi connectivity index (χ2n) is 5.02. The fourth-order valence-electron chi connectivity index (χ4n) is 1.90. The Kier molecular flexibility index (Phi) is 4.62. The lowest BCUT2D eigenvalue weighted by Crippen LogP contribution is -2.04. The molecule has 0 saturated carbocycles. The topological polar surface area (TPSA) is 61.6 Å². The zero-order valence-corrected chi connectivity index (χ0v) is 12.7. The molecule has 5 heteroatoms. The second-order valence-corrected chi connectivity index (χ2v) is 5.02. The summed E-state index contributed by atoms with van der Waals surface area (Å²) in [5.74, 6) is 0.465. The molecule has 0 fully saturated rings. The van der Waals surface area contributed by atoms with Gasteiger partial charge in [0, 0.05) is 0 Å². The average Bonchev–Trinajstić information content (AvgIpc) is 2.87. The number of hydrogen-bond acceptors (Lipinski definition) is 5. The van der Waals surface area contributed by atoms with E-state index in [4.69, 9.17) is 13.9 Å². The summed E-state index contributed by atoms with van der Waals surface area (Å²) in [6, 6.07) is 5.97. The van der Waals surface area contributed by atoms with E-state index in [2.05, 4.69) is 18.8 Å². The highest BCUT2D eigenvalue weighted by Gasteiger charge is 2.16. The van der Waals surface area contributed by atoms with Gasteiger partial charge in [0.1, 0.15) is 12.0 Å². The van der Waals surface area contributed by atoms with Gasteiger partial charge < -0.3 is 13.9 Å². The fraction of sp³-hybridized carbons (Fsp3) is 0.375. The van der Waals surface area contributed by atoms with Crippen LogP contribution in [0.15, 0.2) is 28.9 Å². The van der Waals surface area contributed by atoms with E-state index in [-0.39, 0.29) is 18.4 Å². The van der Waals surface area contributed by atoms with E-state index in [0.29, 0.717) is 11.7 Å². The van der Waals surface area contributed by atoms with Gasteiger partial charge in [-0.3, -0.25) is 0 Å². The lowest BCUT2D eigenvalue weighted by molar-refractivity contribution is 0.0519. The minimum absolute atomic E-state index is 0.0329. The van der Waals surface area contributed by atoms with Crippen molar-refractivity contribution >= 4 is 5.97 Å². The number of esters is 1. The summed E-state index contributed by atoms with van der Waals surface area (Å²) in [4.78, 5) is 15.5. The van der Waals surface area contributed by atoms with Gasteiger partial charge in [0.25, 0.3) is 0 Å². The van der Waals surface area contributed by atoms with Gasteiger partial charge in [-0.1, -0.05) is 26.0 Å². The van der Waals surface area contributed by atoms with Gasteiger partial charge in [0.15, 0.2) is 5.69 Å². The third-order valence-electron chi connectivity index (χ3n) is 2.96. The van der Waals surface area contributed by atoms with Gasteiger partial charge in [-0.05, 0) is 37.0 Å². The number of aromatic nitrogens is 1. The van der Waals surface area contributed by atoms with Crippen LogP contribution in [-0.2, 0) is 4.74 Å². The standard InChI is InChI=1S/C16H19NO4/c1-5-19-15(18)13-9-20-16(17-13)21-14-8-11(4)6-7-12(14)10(2)3/h6-10H,5H2,1-4H3. The van der Waals surface area contributed by atoms with Gasteiger partial charge in [-0.2, -0.15) is 4.98 Å². The van der Waals surface area contributed by atoms with E-state index in [1.54, 1.807) is 6.92 Å². The maximum Gasteiger partial charge on any atom is 0.399 e. The molecule has 5 nitrogen and oxygen atoms in total. The Labute approximate surface area is 123 Å². The molecule has 0 radical (unpaired) electrons. The van der Waals surface area contributed by atoms with Crippen molar-refractivity contribution < 1.29 is 18.7 Å². The van der Waals surface area contributed by atoms with Crippen molar-refractivity contribution in [1.29, 1.82) is 0 Å². The van der Waals surface area contributed by atoms with Crippen LogP contribution >= 0.6 is 0 Å². The summed E-state index contributed by atoms with van der Waals surface area (Å²) in [7, 11) is 0. The number of rotatable bonds is 5. The maximum absolute atomic E-state index is 11.5. The van der Waals surface area contributed by atoms with Crippen LogP contribution < -0.4 is 4.74 Å². The minimum Gasteiger partial charge on any atom is -0.461 e. The molecule has 0 aliphatic rings. The summed E-state index contributed by atoms with van der Waals surface area (Å²) in [6.45, 7) is 8.17. The van der Waals surface area contributed by atoms with Crippen LogP contribution in [0.1, 0.15) is 48.3 Å². The largest absolute Gasteiger partial charge is 0.461 e. The molecule has 0 aliphatic carbocycles. The number of benzene rings is 1. The second kappa shape index (κ2) is 6.43. The smallest absolute Gasteiger partial charge is 0.399 e. The summed E-state index contributed by atoms with van der Waals surface area (Å²) in [5.41, 5.74) is 2.23. The molecule has 0 saturated heterocycles. The SMILES string of the molecule is CCOC(=O)c1coc(Oc2cc(C)ccc2C(C)C)n1. The molecule has 21 heavy (non-hydrogen) atoms. The zero-order valence-electron chi connectivity index (χ0n) is 12.7. The summed E-state index contributed by atoms with van der Waals surface area (Å²) in [5, 5.41) is 0. The van der Waals surface area contributed by atoms with Gasteiger partial charge in [-0.25, -0.2) is 4.79 Å². The highest BCUT2D eigenvalue weighted by Crippen LogP contribution is 2.31. The first kappa shape index (κ1) is 15.1. The number of ether oxygens (including phenoxy) is 2. The van der Waals surface area contributed by atoms with Crippen molar-refractivity contribution in [2.75, 3.05) is 6.61 Å². The van der Waals surface area contributed by atoms with Crippen molar-refractivity contribution in [1.82, 2.24) is 4.98 Å². The molecule has 0 amide bonds. The molecule has 0 N–H and O–H groups in total. The average molecular weight is 289 g/mol. The molecule has 0 aliphatic heterocycles. The predicted octanol–water partition coefficient (Wildman–Crippen LogP) is 4.08. The Morgan fingerprint density at radius 2 is 2.14 bits per heavy atom. The molecule has 1 aromatic carbocycles. The van der Waals surface area contributed by atoms with Gasteiger partial charge in [-0.15, -0.1) is 0 Å². The molecule has 112 valence electrons. The monoisotopic (exact) mass is 289 g/mol. The van der Waals surface area contributed by atoms with E-state index >= 15 is 0 Å². The maximum atomic E-state index is 11.5. The molecule has 0 unspecified atom stereocenters. The molecule has 2 aromatic rings. The first-order chi connectivity index (χ1) is 10.0. The molecule has 0 spiro atoms. The highest BCUT2D eigenvalue weighted by atomic mass is 16.6. The van der Waals surface area contributed by atoms with E-state index in [1.807, 2.05) is 25.1 Å². The van der Waals surface area contributed by atoms with Crippen molar-refractivity contribution in [3.63, 3.8) is 0 Å². The van der Waals surface area contributed by atoms with Gasteiger partial charge in [0.05, 0.1) is 6.61 Å². The van der Waals surface area contributed by atoms with Crippen molar-refractivity contribution in [2.24, 2.45) is 0 Å². The first-order valence-corrected chi connectivity index (χ1v) is 6.92. The Balaban J connectivity index is 2.22. The van der Waals surface area contributed by atoms with Crippen molar-refractivity contribution in [3.8, 4) is 11.8 Å². The lowest BCUT2D eigenvalue weighted by atomic mass is 10.0. The quantitative estimate of drug-likeness (QED) is 0.776. The molecule has 0 bridgehead atoms. The number of oxazole rings is 1. The molecular formula is C16H19NO4. The molecule has 1 heterocycles. The fourth-order valence-corrected chi connectivity index (χ4v) is 1.90. The number of carbonyl (C=O) groups excluding carboxylic acids is 1. The molecule has 2 rings (SSSR count). The number of aryl methyl sites for hydroxylation is 1. The minimum atomic E-state index is -0.524.